The number of aromatic nitrogens is 4. The topological polar surface area (TPSA) is 69.6 Å². The third-order valence-electron chi connectivity index (χ3n) is 3.14. The summed E-state index contributed by atoms with van der Waals surface area (Å²) in [7, 11) is 0. The number of hydrogen-bond donors (Lipinski definition) is 1. The fraction of sp³-hybridized carbons (Fsp3) is 0.154. The number of alkyl halides is 3. The van der Waals surface area contributed by atoms with E-state index in [0.29, 0.717) is 16.6 Å². The quantitative estimate of drug-likeness (QED) is 0.705. The van der Waals surface area contributed by atoms with Crippen molar-refractivity contribution in [3.05, 3.63) is 45.7 Å². The van der Waals surface area contributed by atoms with Crippen LogP contribution in [0.25, 0.3) is 11.0 Å². The van der Waals surface area contributed by atoms with Gasteiger partial charge in [0.05, 0.1) is 28.7 Å². The van der Waals surface area contributed by atoms with Crippen molar-refractivity contribution in [2.75, 3.05) is 5.73 Å². The van der Waals surface area contributed by atoms with Crippen LogP contribution in [0.2, 0.25) is 10.2 Å². The van der Waals surface area contributed by atoms with E-state index in [1.807, 2.05) is 0 Å². The summed E-state index contributed by atoms with van der Waals surface area (Å²) in [5.74, 6) is -0.0451. The third kappa shape index (κ3) is 3.04. The molecule has 0 spiro atoms. The Hall–Kier alpha value is -2.06. The summed E-state index contributed by atoms with van der Waals surface area (Å²) in [5, 5.41) is 4.30. The van der Waals surface area contributed by atoms with Gasteiger partial charge in [-0.1, -0.05) is 29.3 Å². The van der Waals surface area contributed by atoms with Crippen molar-refractivity contribution in [1.82, 2.24) is 19.7 Å². The monoisotopic (exact) mass is 361 g/mol. The number of rotatable bonds is 2. The van der Waals surface area contributed by atoms with Gasteiger partial charge >= 0.3 is 6.18 Å². The van der Waals surface area contributed by atoms with Crippen LogP contribution < -0.4 is 5.73 Å². The molecule has 2 aromatic heterocycles. The van der Waals surface area contributed by atoms with Gasteiger partial charge < -0.3 is 5.73 Å². The molecule has 0 aliphatic carbocycles. The predicted octanol–water partition coefficient (Wildman–Crippen LogP) is 3.78. The summed E-state index contributed by atoms with van der Waals surface area (Å²) in [6.45, 7) is 0.0521. The first kappa shape index (κ1) is 15.8. The predicted molar refractivity (Wildman–Crippen MR) is 80.3 cm³/mol. The first-order valence-corrected chi connectivity index (χ1v) is 7.01. The van der Waals surface area contributed by atoms with E-state index in [-0.39, 0.29) is 22.7 Å². The minimum atomic E-state index is -4.53. The largest absolute Gasteiger partial charge is 0.417 e. The van der Waals surface area contributed by atoms with Crippen molar-refractivity contribution in [2.24, 2.45) is 0 Å². The summed E-state index contributed by atoms with van der Waals surface area (Å²) in [6.07, 6.45) is -3.10. The molecule has 0 fully saturated rings. The molecule has 0 saturated heterocycles. The van der Waals surface area contributed by atoms with Gasteiger partial charge in [0, 0.05) is 0 Å². The zero-order chi connectivity index (χ0) is 16.8. The molecule has 2 heterocycles. The van der Waals surface area contributed by atoms with Crippen LogP contribution in [0.3, 0.4) is 0 Å². The Morgan fingerprint density at radius 3 is 2.61 bits per heavy atom. The highest BCUT2D eigenvalue weighted by atomic mass is 35.5. The Morgan fingerprint density at radius 2 is 1.91 bits per heavy atom. The van der Waals surface area contributed by atoms with Crippen LogP contribution in [-0.4, -0.2) is 19.7 Å². The highest BCUT2D eigenvalue weighted by Gasteiger charge is 2.33. The lowest BCUT2D eigenvalue weighted by atomic mass is 10.1. The van der Waals surface area contributed by atoms with E-state index < -0.39 is 11.7 Å². The Labute approximate surface area is 137 Å². The molecule has 0 amide bonds. The maximum Gasteiger partial charge on any atom is 0.417 e. The van der Waals surface area contributed by atoms with E-state index in [2.05, 4.69) is 15.1 Å². The summed E-state index contributed by atoms with van der Waals surface area (Å²) in [5.41, 5.74) is 5.33. The standard InChI is InChI=1S/C13H8Cl2F3N5/c14-9-2-1-6(3-8(9)13(16,17)18)5-23-11-7(4-20-23)10(15)21-12(19)22-11/h1-4H,5H2,(H2,19,21,22). The average molecular weight is 362 g/mol. The third-order valence-corrected chi connectivity index (χ3v) is 3.75. The van der Waals surface area contributed by atoms with Gasteiger partial charge in [-0.05, 0) is 17.7 Å². The molecule has 0 bridgehead atoms. The Morgan fingerprint density at radius 1 is 1.17 bits per heavy atom. The van der Waals surface area contributed by atoms with Gasteiger partial charge in [0.2, 0.25) is 5.95 Å². The summed E-state index contributed by atoms with van der Waals surface area (Å²) < 4.78 is 40.1. The van der Waals surface area contributed by atoms with Gasteiger partial charge in [-0.3, -0.25) is 0 Å². The molecule has 5 nitrogen and oxygen atoms in total. The van der Waals surface area contributed by atoms with E-state index in [1.54, 1.807) is 0 Å². The van der Waals surface area contributed by atoms with Gasteiger partial charge in [0.15, 0.2) is 5.65 Å². The number of anilines is 1. The molecule has 23 heavy (non-hydrogen) atoms. The van der Waals surface area contributed by atoms with E-state index in [1.165, 1.54) is 23.0 Å². The lowest BCUT2D eigenvalue weighted by Crippen LogP contribution is -2.09. The number of fused-ring (bicyclic) bond motifs is 1. The first-order chi connectivity index (χ1) is 10.8. The molecule has 1 aromatic carbocycles. The lowest BCUT2D eigenvalue weighted by Gasteiger charge is -2.11. The molecule has 120 valence electrons. The molecule has 3 aromatic rings. The van der Waals surface area contributed by atoms with Crippen LogP contribution >= 0.6 is 23.2 Å². The highest BCUT2D eigenvalue weighted by molar-refractivity contribution is 6.34. The molecule has 0 aliphatic heterocycles. The van der Waals surface area contributed by atoms with Crippen molar-refractivity contribution in [3.63, 3.8) is 0 Å². The highest BCUT2D eigenvalue weighted by Crippen LogP contribution is 2.35. The molecule has 0 saturated carbocycles. The average Bonchev–Trinajstić information content (AvgIpc) is 2.83. The number of hydrogen-bond acceptors (Lipinski definition) is 4. The second-order valence-electron chi connectivity index (χ2n) is 4.72. The molecule has 10 heteroatoms. The Balaban J connectivity index is 2.03. The van der Waals surface area contributed by atoms with Crippen molar-refractivity contribution >= 4 is 40.2 Å². The number of nitrogens with zero attached hydrogens (tertiary/aromatic N) is 4. The van der Waals surface area contributed by atoms with Gasteiger partial charge in [-0.15, -0.1) is 0 Å². The molecule has 0 unspecified atom stereocenters. The molecule has 0 atom stereocenters. The molecular weight excluding hydrogens is 354 g/mol. The SMILES string of the molecule is Nc1nc(Cl)c2cnn(Cc3ccc(Cl)c(C(F)(F)F)c3)c2n1. The maximum absolute atomic E-state index is 12.9. The number of nitrogen functional groups attached to an aromatic ring is 1. The summed E-state index contributed by atoms with van der Waals surface area (Å²) >= 11 is 11.5. The minimum Gasteiger partial charge on any atom is -0.368 e. The van der Waals surface area contributed by atoms with Crippen molar-refractivity contribution in [3.8, 4) is 0 Å². The molecule has 2 N–H and O–H groups in total. The van der Waals surface area contributed by atoms with Crippen LogP contribution in [-0.2, 0) is 12.7 Å². The smallest absolute Gasteiger partial charge is 0.368 e. The van der Waals surface area contributed by atoms with E-state index in [9.17, 15) is 13.2 Å². The molecule has 0 radical (unpaired) electrons. The number of halogens is 5. The minimum absolute atomic E-state index is 0.0451. The van der Waals surface area contributed by atoms with Crippen molar-refractivity contribution in [2.45, 2.75) is 12.7 Å². The zero-order valence-corrected chi connectivity index (χ0v) is 12.8. The normalized spacial score (nSPS) is 12.0. The van der Waals surface area contributed by atoms with Crippen LogP contribution in [0.15, 0.2) is 24.4 Å². The second-order valence-corrected chi connectivity index (χ2v) is 5.49. The van der Waals surface area contributed by atoms with Crippen LogP contribution in [0.5, 0.6) is 0 Å². The molecule has 3 rings (SSSR count). The van der Waals surface area contributed by atoms with Gasteiger partial charge in [0.25, 0.3) is 0 Å². The van der Waals surface area contributed by atoms with Crippen molar-refractivity contribution in [1.29, 1.82) is 0 Å². The summed E-state index contributed by atoms with van der Waals surface area (Å²) in [6, 6.07) is 3.65. The molecule has 0 aliphatic rings. The number of benzene rings is 1. The van der Waals surface area contributed by atoms with Gasteiger partial charge in [-0.2, -0.15) is 23.3 Å². The first-order valence-electron chi connectivity index (χ1n) is 6.26. The zero-order valence-electron chi connectivity index (χ0n) is 11.3. The Bertz CT molecular complexity index is 891. The van der Waals surface area contributed by atoms with Gasteiger partial charge in [0.1, 0.15) is 5.15 Å². The Kier molecular flexibility index (Phi) is 3.81. The fourth-order valence-corrected chi connectivity index (χ4v) is 2.56. The second kappa shape index (κ2) is 5.54. The van der Waals surface area contributed by atoms with E-state index >= 15 is 0 Å². The number of nitrogens with two attached hydrogens (primary N) is 1. The maximum atomic E-state index is 12.9. The fourth-order valence-electron chi connectivity index (χ4n) is 2.11. The van der Waals surface area contributed by atoms with Gasteiger partial charge in [-0.25, -0.2) is 9.67 Å². The van der Waals surface area contributed by atoms with Crippen molar-refractivity contribution < 1.29 is 13.2 Å². The lowest BCUT2D eigenvalue weighted by molar-refractivity contribution is -0.137. The van der Waals surface area contributed by atoms with E-state index in [4.69, 9.17) is 28.9 Å². The van der Waals surface area contributed by atoms with Crippen LogP contribution in [0.4, 0.5) is 19.1 Å². The molecular formula is C13H8Cl2F3N5. The van der Waals surface area contributed by atoms with E-state index in [0.717, 1.165) is 6.07 Å². The van der Waals surface area contributed by atoms with Crippen LogP contribution in [0, 0.1) is 0 Å². The summed E-state index contributed by atoms with van der Waals surface area (Å²) in [4.78, 5) is 7.81. The van der Waals surface area contributed by atoms with Crippen LogP contribution in [0.1, 0.15) is 11.1 Å².